The van der Waals surface area contributed by atoms with Crippen molar-refractivity contribution in [1.82, 2.24) is 19.7 Å². The van der Waals surface area contributed by atoms with E-state index in [1.807, 2.05) is 37.5 Å². The van der Waals surface area contributed by atoms with Crippen molar-refractivity contribution in [3.63, 3.8) is 0 Å². The monoisotopic (exact) mass is 352 g/mol. The highest BCUT2D eigenvalue weighted by atomic mass is 16.4. The van der Waals surface area contributed by atoms with E-state index in [9.17, 15) is 9.59 Å². The SMILES string of the molecule is CC(NC(=O)O)c1cc2cccc(-c3cnn(C)c3)c2c(=O)n1C1CC1. The van der Waals surface area contributed by atoms with Crippen LogP contribution in [-0.4, -0.2) is 25.5 Å². The largest absolute Gasteiger partial charge is 0.465 e. The Morgan fingerprint density at radius 2 is 2.15 bits per heavy atom. The molecule has 0 bridgehead atoms. The summed E-state index contributed by atoms with van der Waals surface area (Å²) in [6.07, 6.45) is 4.41. The first-order valence-corrected chi connectivity index (χ1v) is 8.62. The molecular formula is C19H20N4O3. The van der Waals surface area contributed by atoms with Crippen LogP contribution in [0.2, 0.25) is 0 Å². The minimum atomic E-state index is -1.10. The van der Waals surface area contributed by atoms with E-state index in [1.54, 1.807) is 22.4 Å². The van der Waals surface area contributed by atoms with Crippen molar-refractivity contribution in [1.29, 1.82) is 0 Å². The van der Waals surface area contributed by atoms with Gasteiger partial charge in [-0.2, -0.15) is 5.10 Å². The van der Waals surface area contributed by atoms with Crippen LogP contribution in [0.15, 0.2) is 41.5 Å². The molecule has 7 heteroatoms. The molecule has 1 aliphatic carbocycles. The summed E-state index contributed by atoms with van der Waals surface area (Å²) >= 11 is 0. The number of nitrogens with zero attached hydrogens (tertiary/aromatic N) is 3. The van der Waals surface area contributed by atoms with Gasteiger partial charge in [0.2, 0.25) is 0 Å². The van der Waals surface area contributed by atoms with E-state index >= 15 is 0 Å². The van der Waals surface area contributed by atoms with Crippen LogP contribution in [-0.2, 0) is 7.05 Å². The molecule has 2 aromatic heterocycles. The number of fused-ring (bicyclic) bond motifs is 1. The van der Waals surface area contributed by atoms with Gasteiger partial charge in [0.15, 0.2) is 0 Å². The van der Waals surface area contributed by atoms with Gasteiger partial charge in [0.1, 0.15) is 0 Å². The van der Waals surface area contributed by atoms with Gasteiger partial charge in [-0.3, -0.25) is 9.48 Å². The second kappa shape index (κ2) is 6.01. The molecule has 4 rings (SSSR count). The van der Waals surface area contributed by atoms with Crippen LogP contribution in [0.25, 0.3) is 21.9 Å². The maximum atomic E-state index is 13.4. The van der Waals surface area contributed by atoms with Gasteiger partial charge in [-0.15, -0.1) is 0 Å². The highest BCUT2D eigenvalue weighted by Gasteiger charge is 2.30. The third kappa shape index (κ3) is 2.75. The molecule has 1 unspecified atom stereocenters. The van der Waals surface area contributed by atoms with Crippen molar-refractivity contribution in [3.8, 4) is 11.1 Å². The summed E-state index contributed by atoms with van der Waals surface area (Å²) in [5, 5.41) is 17.2. The first-order chi connectivity index (χ1) is 12.5. The molecule has 26 heavy (non-hydrogen) atoms. The molecule has 1 aliphatic rings. The first kappa shape index (κ1) is 16.4. The fourth-order valence-electron chi connectivity index (χ4n) is 3.50. The van der Waals surface area contributed by atoms with Crippen LogP contribution < -0.4 is 10.9 Å². The number of pyridine rings is 1. The summed E-state index contributed by atoms with van der Waals surface area (Å²) in [5.74, 6) is 0. The number of hydrogen-bond donors (Lipinski definition) is 2. The molecule has 2 heterocycles. The van der Waals surface area contributed by atoms with Crippen molar-refractivity contribution >= 4 is 16.9 Å². The summed E-state index contributed by atoms with van der Waals surface area (Å²) in [7, 11) is 1.84. The Hall–Kier alpha value is -3.09. The van der Waals surface area contributed by atoms with Crippen LogP contribution in [0, 0.1) is 0 Å². The zero-order valence-electron chi connectivity index (χ0n) is 14.6. The summed E-state index contributed by atoms with van der Waals surface area (Å²) in [6.45, 7) is 1.76. The minimum absolute atomic E-state index is 0.0708. The first-order valence-electron chi connectivity index (χ1n) is 8.62. The highest BCUT2D eigenvalue weighted by Crippen LogP contribution is 2.37. The van der Waals surface area contributed by atoms with Crippen LogP contribution in [0.4, 0.5) is 4.79 Å². The topological polar surface area (TPSA) is 89.2 Å². The third-order valence-corrected chi connectivity index (χ3v) is 4.82. The van der Waals surface area contributed by atoms with E-state index in [0.717, 1.165) is 29.4 Å². The van der Waals surface area contributed by atoms with E-state index in [2.05, 4.69) is 10.4 Å². The Morgan fingerprint density at radius 3 is 2.77 bits per heavy atom. The Bertz CT molecular complexity index is 1060. The maximum absolute atomic E-state index is 13.4. The smallest absolute Gasteiger partial charge is 0.405 e. The van der Waals surface area contributed by atoms with Crippen LogP contribution >= 0.6 is 0 Å². The number of aryl methyl sites for hydroxylation is 1. The molecule has 1 fully saturated rings. The summed E-state index contributed by atoms with van der Waals surface area (Å²) in [5.41, 5.74) is 2.37. The molecule has 2 N–H and O–H groups in total. The molecule has 1 aromatic carbocycles. The molecular weight excluding hydrogens is 332 g/mol. The van der Waals surface area contributed by atoms with Gasteiger partial charge in [0.25, 0.3) is 5.56 Å². The molecule has 3 aromatic rings. The van der Waals surface area contributed by atoms with Crippen molar-refractivity contribution in [2.45, 2.75) is 31.8 Å². The van der Waals surface area contributed by atoms with Gasteiger partial charge < -0.3 is 15.0 Å². The number of amides is 1. The fourth-order valence-corrected chi connectivity index (χ4v) is 3.50. The van der Waals surface area contributed by atoms with Crippen molar-refractivity contribution < 1.29 is 9.90 Å². The Balaban J connectivity index is 1.98. The molecule has 7 nitrogen and oxygen atoms in total. The van der Waals surface area contributed by atoms with E-state index in [0.29, 0.717) is 11.1 Å². The average molecular weight is 352 g/mol. The van der Waals surface area contributed by atoms with Crippen molar-refractivity contribution in [3.05, 3.63) is 52.7 Å². The quantitative estimate of drug-likeness (QED) is 0.755. The minimum Gasteiger partial charge on any atom is -0.465 e. The van der Waals surface area contributed by atoms with Crippen LogP contribution in [0.1, 0.15) is 37.5 Å². The molecule has 1 atom stereocenters. The number of nitrogens with one attached hydrogen (secondary N) is 1. The normalized spacial score (nSPS) is 15.2. The molecule has 1 amide bonds. The molecule has 134 valence electrons. The van der Waals surface area contributed by atoms with Crippen LogP contribution in [0.5, 0.6) is 0 Å². The number of benzene rings is 1. The lowest BCUT2D eigenvalue weighted by Gasteiger charge is -2.20. The number of aromatic nitrogens is 3. The summed E-state index contributed by atoms with van der Waals surface area (Å²) in [6, 6.07) is 7.33. The summed E-state index contributed by atoms with van der Waals surface area (Å²) in [4.78, 5) is 24.4. The molecule has 0 radical (unpaired) electrons. The molecule has 0 spiro atoms. The Morgan fingerprint density at radius 1 is 1.38 bits per heavy atom. The average Bonchev–Trinajstić information content (AvgIpc) is 3.33. The standard InChI is InChI=1S/C19H20N4O3/c1-11(21-19(25)26)16-8-12-4-3-5-15(13-9-20-22(2)10-13)17(12)18(24)23(16)14-6-7-14/h3-5,8-11,14,21H,6-7H2,1-2H3,(H,25,26). The Kier molecular flexibility index (Phi) is 3.79. The number of carbonyl (C=O) groups is 1. The molecule has 0 saturated heterocycles. The Labute approximate surface area is 149 Å². The van der Waals surface area contributed by atoms with Crippen molar-refractivity contribution in [2.75, 3.05) is 0 Å². The zero-order valence-corrected chi connectivity index (χ0v) is 14.6. The fraction of sp³-hybridized carbons (Fsp3) is 0.316. The van der Waals surface area contributed by atoms with Gasteiger partial charge in [-0.05, 0) is 36.8 Å². The van der Waals surface area contributed by atoms with Crippen molar-refractivity contribution in [2.24, 2.45) is 7.05 Å². The second-order valence-electron chi connectivity index (χ2n) is 6.82. The number of hydrogen-bond acceptors (Lipinski definition) is 3. The van der Waals surface area contributed by atoms with Gasteiger partial charge in [0.05, 0.1) is 17.6 Å². The maximum Gasteiger partial charge on any atom is 0.405 e. The van der Waals surface area contributed by atoms with Gasteiger partial charge in [0, 0.05) is 30.5 Å². The van der Waals surface area contributed by atoms with Gasteiger partial charge >= 0.3 is 6.09 Å². The van der Waals surface area contributed by atoms with Gasteiger partial charge in [-0.1, -0.05) is 18.2 Å². The number of rotatable bonds is 4. The predicted molar refractivity (Wildman–Crippen MR) is 98.3 cm³/mol. The van der Waals surface area contributed by atoms with E-state index < -0.39 is 12.1 Å². The third-order valence-electron chi connectivity index (χ3n) is 4.82. The van der Waals surface area contributed by atoms with E-state index in [-0.39, 0.29) is 11.6 Å². The lowest BCUT2D eigenvalue weighted by atomic mass is 10.00. The van der Waals surface area contributed by atoms with E-state index in [4.69, 9.17) is 5.11 Å². The zero-order chi connectivity index (χ0) is 18.4. The molecule has 0 aliphatic heterocycles. The summed E-state index contributed by atoms with van der Waals surface area (Å²) < 4.78 is 3.48. The van der Waals surface area contributed by atoms with Crippen LogP contribution in [0.3, 0.4) is 0 Å². The lowest BCUT2D eigenvalue weighted by molar-refractivity contribution is 0.190. The van der Waals surface area contributed by atoms with Gasteiger partial charge in [-0.25, -0.2) is 4.79 Å². The highest BCUT2D eigenvalue weighted by molar-refractivity contribution is 5.96. The van der Waals surface area contributed by atoms with E-state index in [1.165, 1.54) is 0 Å². The molecule has 1 saturated carbocycles. The predicted octanol–water partition coefficient (Wildman–Crippen LogP) is 3.07. The second-order valence-corrected chi connectivity index (χ2v) is 6.82. The lowest BCUT2D eigenvalue weighted by Crippen LogP contribution is -2.31. The number of carboxylic acid groups (broad SMARTS) is 1.